The molecule has 0 unspecified atom stereocenters. The van der Waals surface area contributed by atoms with Crippen molar-refractivity contribution in [3.63, 3.8) is 0 Å². The van der Waals surface area contributed by atoms with Gasteiger partial charge in [-0.1, -0.05) is 6.08 Å². The van der Waals surface area contributed by atoms with E-state index in [4.69, 9.17) is 5.73 Å². The summed E-state index contributed by atoms with van der Waals surface area (Å²) >= 11 is 0. The van der Waals surface area contributed by atoms with Gasteiger partial charge in [-0.25, -0.2) is 0 Å². The van der Waals surface area contributed by atoms with E-state index in [1.165, 1.54) is 6.92 Å². The summed E-state index contributed by atoms with van der Waals surface area (Å²) in [7, 11) is 1.73. The molecule has 0 spiro atoms. The quantitative estimate of drug-likeness (QED) is 0.544. The lowest BCUT2D eigenvalue weighted by atomic mass is 10.2. The van der Waals surface area contributed by atoms with Crippen molar-refractivity contribution in [1.29, 1.82) is 0 Å². The van der Waals surface area contributed by atoms with E-state index in [0.29, 0.717) is 12.2 Å². The summed E-state index contributed by atoms with van der Waals surface area (Å²) in [4.78, 5) is 10.7. The van der Waals surface area contributed by atoms with Gasteiger partial charge in [-0.3, -0.25) is 4.79 Å². The van der Waals surface area contributed by atoms with Crippen LogP contribution in [-0.4, -0.2) is 19.4 Å². The van der Waals surface area contributed by atoms with E-state index >= 15 is 0 Å². The summed E-state index contributed by atoms with van der Waals surface area (Å²) in [6, 6.07) is 0. The Morgan fingerprint density at radius 1 is 1.70 bits per heavy atom. The molecular formula is C7H14N2O. The van der Waals surface area contributed by atoms with Crippen LogP contribution < -0.4 is 11.1 Å². The van der Waals surface area contributed by atoms with Gasteiger partial charge < -0.3 is 11.1 Å². The molecule has 0 saturated heterocycles. The second kappa shape index (κ2) is 4.99. The molecule has 0 radical (unpaired) electrons. The van der Waals surface area contributed by atoms with Gasteiger partial charge in [0.25, 0.3) is 0 Å². The Morgan fingerprint density at radius 3 is 2.60 bits per heavy atom. The third kappa shape index (κ3) is 3.25. The van der Waals surface area contributed by atoms with Crippen molar-refractivity contribution in [2.45, 2.75) is 13.3 Å². The van der Waals surface area contributed by atoms with E-state index in [1.807, 2.05) is 6.08 Å². The van der Waals surface area contributed by atoms with E-state index in [9.17, 15) is 4.79 Å². The normalized spacial score (nSPS) is 11.3. The Kier molecular flexibility index (Phi) is 4.58. The van der Waals surface area contributed by atoms with Crippen LogP contribution in [0.3, 0.4) is 0 Å². The molecule has 0 aliphatic rings. The smallest absolute Gasteiger partial charge is 0.175 e. The number of nitrogens with one attached hydrogen (secondary N) is 1. The molecule has 0 fully saturated rings. The predicted octanol–water partition coefficient (Wildman–Crippen LogP) is 0.0275. The number of allylic oxidation sites excluding steroid dienone is 1. The van der Waals surface area contributed by atoms with Gasteiger partial charge in [0.05, 0.1) is 5.70 Å². The summed E-state index contributed by atoms with van der Waals surface area (Å²) in [5, 5.41) is 2.79. The van der Waals surface area contributed by atoms with Crippen molar-refractivity contribution in [2.75, 3.05) is 13.6 Å². The Balaban J connectivity index is 3.91. The summed E-state index contributed by atoms with van der Waals surface area (Å²) < 4.78 is 0. The first-order valence-corrected chi connectivity index (χ1v) is 3.31. The van der Waals surface area contributed by atoms with Gasteiger partial charge in [0, 0.05) is 14.0 Å². The Hall–Kier alpha value is -0.830. The molecule has 0 aromatic carbocycles. The van der Waals surface area contributed by atoms with Crippen molar-refractivity contribution in [2.24, 2.45) is 5.73 Å². The fraction of sp³-hybridized carbons (Fsp3) is 0.571. The highest BCUT2D eigenvalue weighted by Gasteiger charge is 1.97. The number of carbonyl (C=O) groups is 1. The molecule has 0 amide bonds. The molecule has 3 N–H and O–H groups in total. The highest BCUT2D eigenvalue weighted by atomic mass is 16.1. The van der Waals surface area contributed by atoms with Gasteiger partial charge in [0.2, 0.25) is 0 Å². The Labute approximate surface area is 61.3 Å². The number of nitrogens with two attached hydrogens (primary N) is 1. The summed E-state index contributed by atoms with van der Waals surface area (Å²) in [5.41, 5.74) is 5.89. The molecule has 0 heterocycles. The number of ketones is 1. The average molecular weight is 142 g/mol. The van der Waals surface area contributed by atoms with Crippen LogP contribution >= 0.6 is 0 Å². The lowest BCUT2D eigenvalue weighted by molar-refractivity contribution is -0.113. The van der Waals surface area contributed by atoms with E-state index < -0.39 is 0 Å². The molecule has 3 nitrogen and oxygen atoms in total. The first kappa shape index (κ1) is 9.17. The van der Waals surface area contributed by atoms with E-state index in [2.05, 4.69) is 5.32 Å². The first-order chi connectivity index (χ1) is 4.72. The Bertz CT molecular complexity index is 141. The van der Waals surface area contributed by atoms with Gasteiger partial charge >= 0.3 is 0 Å². The molecule has 0 atom stereocenters. The van der Waals surface area contributed by atoms with Gasteiger partial charge in [0.1, 0.15) is 0 Å². The van der Waals surface area contributed by atoms with Crippen LogP contribution in [0.15, 0.2) is 11.8 Å². The molecule has 3 heteroatoms. The highest BCUT2D eigenvalue weighted by molar-refractivity contribution is 5.92. The van der Waals surface area contributed by atoms with E-state index in [1.54, 1.807) is 7.05 Å². The molecule has 0 aromatic heterocycles. The van der Waals surface area contributed by atoms with Crippen molar-refractivity contribution in [1.82, 2.24) is 5.32 Å². The minimum atomic E-state index is 0.0518. The second-order valence-corrected chi connectivity index (χ2v) is 2.00. The largest absolute Gasteiger partial charge is 0.386 e. The standard InChI is InChI=1S/C7H14N2O/c1-6(10)7(9-2)4-3-5-8/h4,9H,3,5,8H2,1-2H3/b7-4-. The zero-order chi connectivity index (χ0) is 7.98. The van der Waals surface area contributed by atoms with Gasteiger partial charge in [-0.15, -0.1) is 0 Å². The molecule has 0 bridgehead atoms. The van der Waals surface area contributed by atoms with Gasteiger partial charge in [-0.05, 0) is 13.0 Å². The second-order valence-electron chi connectivity index (χ2n) is 2.00. The third-order valence-electron chi connectivity index (χ3n) is 1.16. The first-order valence-electron chi connectivity index (χ1n) is 3.31. The number of carbonyl (C=O) groups excluding carboxylic acids is 1. The van der Waals surface area contributed by atoms with Crippen molar-refractivity contribution in [3.05, 3.63) is 11.8 Å². The zero-order valence-electron chi connectivity index (χ0n) is 6.48. The summed E-state index contributed by atoms with van der Waals surface area (Å²) in [5.74, 6) is 0.0518. The molecule has 0 rings (SSSR count). The maximum atomic E-state index is 10.7. The average Bonchev–Trinajstić information content (AvgIpc) is 1.89. The number of rotatable bonds is 4. The van der Waals surface area contributed by atoms with Crippen LogP contribution in [-0.2, 0) is 4.79 Å². The number of likely N-dealkylation sites (N-methyl/N-ethyl adjacent to an activating group) is 1. The molecule has 0 aromatic rings. The van der Waals surface area contributed by atoms with Crippen LogP contribution in [0, 0.1) is 0 Å². The minimum absolute atomic E-state index is 0.0518. The number of hydrogen-bond acceptors (Lipinski definition) is 3. The maximum Gasteiger partial charge on any atom is 0.175 e. The lowest BCUT2D eigenvalue weighted by Gasteiger charge is -1.99. The molecule has 0 aliphatic carbocycles. The van der Waals surface area contributed by atoms with E-state index in [0.717, 1.165) is 6.42 Å². The number of hydrogen-bond donors (Lipinski definition) is 2. The van der Waals surface area contributed by atoms with E-state index in [-0.39, 0.29) is 5.78 Å². The molecule has 58 valence electrons. The minimum Gasteiger partial charge on any atom is -0.386 e. The van der Waals surface area contributed by atoms with Crippen LogP contribution in [0.2, 0.25) is 0 Å². The maximum absolute atomic E-state index is 10.7. The third-order valence-corrected chi connectivity index (χ3v) is 1.16. The Morgan fingerprint density at radius 2 is 2.30 bits per heavy atom. The van der Waals surface area contributed by atoms with Crippen LogP contribution in [0.1, 0.15) is 13.3 Å². The highest BCUT2D eigenvalue weighted by Crippen LogP contribution is 1.91. The molecule has 0 saturated carbocycles. The van der Waals surface area contributed by atoms with Crippen LogP contribution in [0.5, 0.6) is 0 Å². The summed E-state index contributed by atoms with van der Waals surface area (Å²) in [6.45, 7) is 2.11. The van der Waals surface area contributed by atoms with Gasteiger partial charge in [0.15, 0.2) is 5.78 Å². The van der Waals surface area contributed by atoms with Crippen LogP contribution in [0.25, 0.3) is 0 Å². The fourth-order valence-corrected chi connectivity index (χ4v) is 0.649. The summed E-state index contributed by atoms with van der Waals surface area (Å²) in [6.07, 6.45) is 2.55. The lowest BCUT2D eigenvalue weighted by Crippen LogP contribution is -2.13. The van der Waals surface area contributed by atoms with Crippen molar-refractivity contribution >= 4 is 5.78 Å². The number of Topliss-reactive ketones (excluding diaryl/α,β-unsaturated/α-hetero) is 1. The fourth-order valence-electron chi connectivity index (χ4n) is 0.649. The predicted molar refractivity (Wildman–Crippen MR) is 41.5 cm³/mol. The molecule has 10 heavy (non-hydrogen) atoms. The van der Waals surface area contributed by atoms with Crippen molar-refractivity contribution < 1.29 is 4.79 Å². The molecule has 0 aliphatic heterocycles. The zero-order valence-corrected chi connectivity index (χ0v) is 6.48. The SMILES string of the molecule is CN/C(=C\CCN)C(C)=O. The van der Waals surface area contributed by atoms with Crippen molar-refractivity contribution in [3.8, 4) is 0 Å². The van der Waals surface area contributed by atoms with Crippen LogP contribution in [0.4, 0.5) is 0 Å². The topological polar surface area (TPSA) is 55.1 Å². The van der Waals surface area contributed by atoms with Gasteiger partial charge in [-0.2, -0.15) is 0 Å². The monoisotopic (exact) mass is 142 g/mol. The molecular weight excluding hydrogens is 128 g/mol.